The molecule has 0 aliphatic carbocycles. The first kappa shape index (κ1) is 22.2. The summed E-state index contributed by atoms with van der Waals surface area (Å²) in [6, 6.07) is 10.4. The van der Waals surface area contributed by atoms with Gasteiger partial charge in [0.2, 0.25) is 5.91 Å². The molecule has 0 radical (unpaired) electrons. The van der Waals surface area contributed by atoms with Crippen LogP contribution in [-0.4, -0.2) is 55.0 Å². The third-order valence-corrected chi connectivity index (χ3v) is 4.58. The second-order valence-corrected chi connectivity index (χ2v) is 5.77. The summed E-state index contributed by atoms with van der Waals surface area (Å²) in [5.41, 5.74) is 7.23. The Balaban J connectivity index is 0.00000242. The summed E-state index contributed by atoms with van der Waals surface area (Å²) in [4.78, 5) is 16.6. The van der Waals surface area contributed by atoms with Crippen molar-refractivity contribution in [3.63, 3.8) is 0 Å². The van der Waals surface area contributed by atoms with Crippen LogP contribution in [0.3, 0.4) is 0 Å². The van der Waals surface area contributed by atoms with Gasteiger partial charge >= 0.3 is 0 Å². The number of carbonyl (C=O) groups excluding carboxylic acids is 1. The van der Waals surface area contributed by atoms with Gasteiger partial charge in [-0.1, -0.05) is 44.2 Å². The highest BCUT2D eigenvalue weighted by molar-refractivity contribution is 5.85. The Morgan fingerprint density at radius 1 is 1.17 bits per heavy atom. The van der Waals surface area contributed by atoms with Gasteiger partial charge in [-0.05, 0) is 31.1 Å². The van der Waals surface area contributed by atoms with Crippen molar-refractivity contribution in [1.82, 2.24) is 9.80 Å². The molecule has 1 aliphatic heterocycles. The van der Waals surface area contributed by atoms with E-state index in [1.807, 2.05) is 11.0 Å². The maximum Gasteiger partial charge on any atom is 0.236 e. The second-order valence-electron chi connectivity index (χ2n) is 5.77. The second kappa shape index (κ2) is 10.9. The number of likely N-dealkylation sites (tertiary alicyclic amines) is 1. The highest BCUT2D eigenvalue weighted by Gasteiger charge is 2.35. The minimum absolute atomic E-state index is 0. The van der Waals surface area contributed by atoms with Gasteiger partial charge < -0.3 is 10.6 Å². The summed E-state index contributed by atoms with van der Waals surface area (Å²) in [7, 11) is 0. The number of carbonyl (C=O) groups is 1. The number of likely N-dealkylation sites (N-methyl/N-ethyl adjacent to an activating group) is 1. The van der Waals surface area contributed by atoms with E-state index in [4.69, 9.17) is 5.73 Å². The van der Waals surface area contributed by atoms with Gasteiger partial charge in [-0.3, -0.25) is 9.69 Å². The van der Waals surface area contributed by atoms with Gasteiger partial charge in [0, 0.05) is 19.0 Å². The molecule has 6 heteroatoms. The molecule has 4 nitrogen and oxygen atoms in total. The van der Waals surface area contributed by atoms with E-state index in [1.54, 1.807) is 0 Å². The SMILES string of the molecule is CCN(CC)CC(=O)N1C[C@@H](CN)[C@H](c2ccccc2)C1.Cl.Cl. The number of hydrogen-bond donors (Lipinski definition) is 1. The van der Waals surface area contributed by atoms with Gasteiger partial charge in [0.15, 0.2) is 0 Å². The zero-order valence-corrected chi connectivity index (χ0v) is 15.6. The number of amides is 1. The molecule has 0 saturated carbocycles. The Morgan fingerprint density at radius 2 is 1.78 bits per heavy atom. The summed E-state index contributed by atoms with van der Waals surface area (Å²) in [6.45, 7) is 8.76. The third-order valence-electron chi connectivity index (χ3n) is 4.58. The van der Waals surface area contributed by atoms with Crippen LogP contribution in [0.4, 0.5) is 0 Å². The first-order valence-electron chi connectivity index (χ1n) is 7.94. The molecule has 1 heterocycles. The average molecular weight is 362 g/mol. The molecule has 0 bridgehead atoms. The van der Waals surface area contributed by atoms with Crippen LogP contribution in [0, 0.1) is 5.92 Å². The standard InChI is InChI=1S/C17H27N3O.2ClH/c1-3-19(4-2)13-17(21)20-11-15(10-18)16(12-20)14-8-6-5-7-9-14;;/h5-9,15-16H,3-4,10-13,18H2,1-2H3;2*1H/t15-,16+;;/m1../s1. The van der Waals surface area contributed by atoms with Gasteiger partial charge in [-0.25, -0.2) is 0 Å². The van der Waals surface area contributed by atoms with Crippen molar-refractivity contribution in [3.05, 3.63) is 35.9 Å². The molecule has 2 N–H and O–H groups in total. The molecule has 2 rings (SSSR count). The summed E-state index contributed by atoms with van der Waals surface area (Å²) < 4.78 is 0. The van der Waals surface area contributed by atoms with E-state index >= 15 is 0 Å². The van der Waals surface area contributed by atoms with Crippen LogP contribution in [0.2, 0.25) is 0 Å². The predicted molar refractivity (Wildman–Crippen MR) is 101 cm³/mol. The Kier molecular flexibility index (Phi) is 10.5. The highest BCUT2D eigenvalue weighted by atomic mass is 35.5. The van der Waals surface area contributed by atoms with E-state index in [9.17, 15) is 4.79 Å². The molecule has 0 unspecified atom stereocenters. The first-order chi connectivity index (χ1) is 10.2. The van der Waals surface area contributed by atoms with Crippen LogP contribution in [0.25, 0.3) is 0 Å². The summed E-state index contributed by atoms with van der Waals surface area (Å²) in [6.07, 6.45) is 0. The van der Waals surface area contributed by atoms with Crippen molar-refractivity contribution in [2.75, 3.05) is 39.3 Å². The zero-order chi connectivity index (χ0) is 15.2. The Labute approximate surface area is 152 Å². The summed E-state index contributed by atoms with van der Waals surface area (Å²) in [5.74, 6) is 0.973. The van der Waals surface area contributed by atoms with Crippen molar-refractivity contribution in [2.24, 2.45) is 11.7 Å². The fourth-order valence-corrected chi connectivity index (χ4v) is 3.13. The average Bonchev–Trinajstić information content (AvgIpc) is 2.97. The van der Waals surface area contributed by atoms with Crippen LogP contribution < -0.4 is 5.73 Å². The molecule has 132 valence electrons. The minimum Gasteiger partial charge on any atom is -0.341 e. The molecule has 1 saturated heterocycles. The summed E-state index contributed by atoms with van der Waals surface area (Å²) >= 11 is 0. The lowest BCUT2D eigenvalue weighted by Gasteiger charge is -2.22. The van der Waals surface area contributed by atoms with Crippen LogP contribution in [0.1, 0.15) is 25.3 Å². The molecule has 1 amide bonds. The number of nitrogens with two attached hydrogens (primary N) is 1. The molecule has 1 aliphatic rings. The fourth-order valence-electron chi connectivity index (χ4n) is 3.13. The largest absolute Gasteiger partial charge is 0.341 e. The normalized spacial score (nSPS) is 20.1. The fraction of sp³-hybridized carbons (Fsp3) is 0.588. The number of hydrogen-bond acceptors (Lipinski definition) is 3. The predicted octanol–water partition coefficient (Wildman–Crippen LogP) is 2.37. The van der Waals surface area contributed by atoms with E-state index < -0.39 is 0 Å². The molecule has 1 aromatic carbocycles. The molecular formula is C17H29Cl2N3O. The van der Waals surface area contributed by atoms with Gasteiger partial charge in [-0.2, -0.15) is 0 Å². The van der Waals surface area contributed by atoms with Crippen molar-refractivity contribution in [3.8, 4) is 0 Å². The van der Waals surface area contributed by atoms with Gasteiger partial charge in [0.05, 0.1) is 6.54 Å². The molecule has 2 atom stereocenters. The van der Waals surface area contributed by atoms with Crippen molar-refractivity contribution < 1.29 is 4.79 Å². The monoisotopic (exact) mass is 361 g/mol. The Bertz CT molecular complexity index is 454. The van der Waals surface area contributed by atoms with Crippen LogP contribution in [-0.2, 0) is 4.79 Å². The van der Waals surface area contributed by atoms with E-state index in [2.05, 4.69) is 43.0 Å². The lowest BCUT2D eigenvalue weighted by atomic mass is 9.89. The molecule has 1 aromatic rings. The van der Waals surface area contributed by atoms with Crippen LogP contribution in [0.15, 0.2) is 30.3 Å². The van der Waals surface area contributed by atoms with Gasteiger partial charge in [0.25, 0.3) is 0 Å². The smallest absolute Gasteiger partial charge is 0.236 e. The minimum atomic E-state index is 0. The maximum atomic E-state index is 12.5. The molecule has 0 aromatic heterocycles. The van der Waals surface area contributed by atoms with Gasteiger partial charge in [0.1, 0.15) is 0 Å². The number of nitrogens with zero attached hydrogens (tertiary/aromatic N) is 2. The van der Waals surface area contributed by atoms with E-state index in [-0.39, 0.29) is 30.7 Å². The Hall–Kier alpha value is -0.810. The molecular weight excluding hydrogens is 333 g/mol. The van der Waals surface area contributed by atoms with Crippen molar-refractivity contribution in [1.29, 1.82) is 0 Å². The van der Waals surface area contributed by atoms with E-state index in [1.165, 1.54) is 5.56 Å². The van der Waals surface area contributed by atoms with Gasteiger partial charge in [-0.15, -0.1) is 24.8 Å². The highest BCUT2D eigenvalue weighted by Crippen LogP contribution is 2.32. The topological polar surface area (TPSA) is 49.6 Å². The molecule has 0 spiro atoms. The van der Waals surface area contributed by atoms with Crippen molar-refractivity contribution in [2.45, 2.75) is 19.8 Å². The van der Waals surface area contributed by atoms with Crippen LogP contribution >= 0.6 is 24.8 Å². The maximum absolute atomic E-state index is 12.5. The molecule has 1 fully saturated rings. The lowest BCUT2D eigenvalue weighted by molar-refractivity contribution is -0.131. The zero-order valence-electron chi connectivity index (χ0n) is 14.0. The van der Waals surface area contributed by atoms with Crippen molar-refractivity contribution >= 4 is 30.7 Å². The quantitative estimate of drug-likeness (QED) is 0.845. The van der Waals surface area contributed by atoms with E-state index in [0.717, 1.165) is 26.2 Å². The van der Waals surface area contributed by atoms with Crippen LogP contribution in [0.5, 0.6) is 0 Å². The van der Waals surface area contributed by atoms with E-state index in [0.29, 0.717) is 24.9 Å². The Morgan fingerprint density at radius 3 is 2.30 bits per heavy atom. The number of rotatable bonds is 6. The summed E-state index contributed by atoms with van der Waals surface area (Å²) in [5, 5.41) is 0. The number of benzene rings is 1. The lowest BCUT2D eigenvalue weighted by Crippen LogP contribution is -2.39. The molecule has 23 heavy (non-hydrogen) atoms. The first-order valence-corrected chi connectivity index (χ1v) is 7.94. The third kappa shape index (κ3) is 5.64. The number of halogens is 2.